The maximum Gasteiger partial charge on any atom is 0.257 e. The Bertz CT molecular complexity index is 1150. The molecule has 2 N–H and O–H groups in total. The van der Waals surface area contributed by atoms with Crippen LogP contribution >= 0.6 is 11.6 Å². The molecular weight excluding hydrogens is 412 g/mol. The quantitative estimate of drug-likeness (QED) is 0.598. The number of rotatable bonds is 6. The molecular formula is C21H19ClN2O4S. The fourth-order valence-electron chi connectivity index (χ4n) is 2.55. The van der Waals surface area contributed by atoms with E-state index in [-0.39, 0.29) is 15.5 Å². The number of hydrogen-bond donors (Lipinski definition) is 2. The Labute approximate surface area is 174 Å². The lowest BCUT2D eigenvalue weighted by molar-refractivity contribution is 0.102. The van der Waals surface area contributed by atoms with Crippen LogP contribution in [0.15, 0.2) is 71.6 Å². The van der Waals surface area contributed by atoms with Gasteiger partial charge >= 0.3 is 0 Å². The van der Waals surface area contributed by atoms with E-state index in [9.17, 15) is 13.2 Å². The largest absolute Gasteiger partial charge is 0.455 e. The molecule has 150 valence electrons. The molecule has 8 heteroatoms. The third-order valence-electron chi connectivity index (χ3n) is 4.15. The van der Waals surface area contributed by atoms with Crippen LogP contribution in [-0.2, 0) is 10.0 Å². The summed E-state index contributed by atoms with van der Waals surface area (Å²) in [6.07, 6.45) is 0. The monoisotopic (exact) mass is 430 g/mol. The molecule has 3 rings (SSSR count). The molecule has 3 aromatic rings. The number of nitrogens with one attached hydrogen (secondary N) is 2. The zero-order chi connectivity index (χ0) is 21.0. The number of amides is 1. The first kappa shape index (κ1) is 20.9. The summed E-state index contributed by atoms with van der Waals surface area (Å²) < 4.78 is 32.1. The van der Waals surface area contributed by atoms with E-state index in [4.69, 9.17) is 16.3 Å². The van der Waals surface area contributed by atoms with Crippen LogP contribution in [0.2, 0.25) is 5.02 Å². The molecule has 0 aliphatic carbocycles. The van der Waals surface area contributed by atoms with Crippen LogP contribution in [-0.4, -0.2) is 21.4 Å². The van der Waals surface area contributed by atoms with E-state index in [0.29, 0.717) is 17.2 Å². The second-order valence-electron chi connectivity index (χ2n) is 6.21. The molecule has 0 bridgehead atoms. The second-order valence-corrected chi connectivity index (χ2v) is 8.51. The van der Waals surface area contributed by atoms with Crippen molar-refractivity contribution in [3.8, 4) is 11.5 Å². The summed E-state index contributed by atoms with van der Waals surface area (Å²) in [5.41, 5.74) is 1.56. The molecule has 0 saturated carbocycles. The second kappa shape index (κ2) is 8.65. The number of carbonyl (C=O) groups is 1. The van der Waals surface area contributed by atoms with E-state index < -0.39 is 15.9 Å². The van der Waals surface area contributed by atoms with Gasteiger partial charge in [0.05, 0.1) is 21.2 Å². The first-order valence-corrected chi connectivity index (χ1v) is 10.5. The van der Waals surface area contributed by atoms with Gasteiger partial charge in [-0.05, 0) is 56.4 Å². The summed E-state index contributed by atoms with van der Waals surface area (Å²) in [5.74, 6) is 0.514. The number of carbonyl (C=O) groups excluding carboxylic acids is 1. The van der Waals surface area contributed by atoms with Gasteiger partial charge in [-0.2, -0.15) is 0 Å². The molecule has 29 heavy (non-hydrogen) atoms. The van der Waals surface area contributed by atoms with E-state index in [1.165, 1.54) is 25.2 Å². The molecule has 0 fully saturated rings. The van der Waals surface area contributed by atoms with Crippen molar-refractivity contribution in [2.24, 2.45) is 0 Å². The van der Waals surface area contributed by atoms with Gasteiger partial charge in [-0.25, -0.2) is 13.1 Å². The van der Waals surface area contributed by atoms with Crippen LogP contribution < -0.4 is 14.8 Å². The van der Waals surface area contributed by atoms with Gasteiger partial charge in [0.1, 0.15) is 5.75 Å². The molecule has 0 radical (unpaired) electrons. The van der Waals surface area contributed by atoms with Gasteiger partial charge in [0.25, 0.3) is 5.91 Å². The van der Waals surface area contributed by atoms with Crippen LogP contribution in [0.1, 0.15) is 15.9 Å². The Balaban J connectivity index is 1.88. The molecule has 0 saturated heterocycles. The van der Waals surface area contributed by atoms with Crippen molar-refractivity contribution >= 4 is 33.2 Å². The molecule has 0 heterocycles. The number of sulfonamides is 1. The zero-order valence-corrected chi connectivity index (χ0v) is 17.3. The molecule has 0 aliphatic rings. The fraction of sp³-hybridized carbons (Fsp3) is 0.0952. The molecule has 0 atom stereocenters. The minimum absolute atomic E-state index is 0.0353. The topological polar surface area (TPSA) is 84.5 Å². The Morgan fingerprint density at radius 2 is 1.69 bits per heavy atom. The van der Waals surface area contributed by atoms with E-state index in [2.05, 4.69) is 10.0 Å². The van der Waals surface area contributed by atoms with Crippen molar-refractivity contribution in [3.63, 3.8) is 0 Å². The number of aryl methyl sites for hydroxylation is 1. The minimum atomic E-state index is -3.71. The Hall–Kier alpha value is -2.87. The summed E-state index contributed by atoms with van der Waals surface area (Å²) in [5, 5.41) is 2.87. The lowest BCUT2D eigenvalue weighted by atomic mass is 10.2. The third-order valence-corrected chi connectivity index (χ3v) is 5.89. The van der Waals surface area contributed by atoms with Gasteiger partial charge in [-0.3, -0.25) is 4.79 Å². The van der Waals surface area contributed by atoms with E-state index in [1.54, 1.807) is 24.3 Å². The van der Waals surface area contributed by atoms with Crippen molar-refractivity contribution in [3.05, 3.63) is 82.9 Å². The lowest BCUT2D eigenvalue weighted by Crippen LogP contribution is -2.20. The Kier molecular flexibility index (Phi) is 6.22. The normalized spacial score (nSPS) is 11.1. The molecule has 0 unspecified atom stereocenters. The van der Waals surface area contributed by atoms with Gasteiger partial charge < -0.3 is 10.1 Å². The number of anilines is 1. The first-order chi connectivity index (χ1) is 13.8. The van der Waals surface area contributed by atoms with Gasteiger partial charge in [0, 0.05) is 0 Å². The summed E-state index contributed by atoms with van der Waals surface area (Å²) in [6, 6.07) is 18.4. The standard InChI is InChI=1S/C21H19ClN2O4S/c1-14-7-9-15(10-8-14)28-20-6-4-3-5-19(20)24-21(25)17-13-16(11-12-18(17)22)29(26,27)23-2/h3-13,23H,1-2H3,(H,24,25). The maximum absolute atomic E-state index is 12.8. The Morgan fingerprint density at radius 3 is 2.38 bits per heavy atom. The molecule has 0 spiro atoms. The number of benzene rings is 3. The van der Waals surface area contributed by atoms with Crippen LogP contribution in [0.25, 0.3) is 0 Å². The molecule has 0 aromatic heterocycles. The SMILES string of the molecule is CNS(=O)(=O)c1ccc(Cl)c(C(=O)Nc2ccccc2Oc2ccc(C)cc2)c1. The molecule has 0 aliphatic heterocycles. The smallest absolute Gasteiger partial charge is 0.257 e. The number of ether oxygens (including phenoxy) is 1. The predicted octanol–water partition coefficient (Wildman–Crippen LogP) is 4.60. The summed E-state index contributed by atoms with van der Waals surface area (Å²) in [4.78, 5) is 12.7. The van der Waals surface area contributed by atoms with Gasteiger partial charge in [-0.1, -0.05) is 41.4 Å². The number of para-hydroxylation sites is 2. The van der Waals surface area contributed by atoms with Crippen molar-refractivity contribution in [1.29, 1.82) is 0 Å². The average Bonchev–Trinajstić information content (AvgIpc) is 2.71. The Morgan fingerprint density at radius 1 is 1.00 bits per heavy atom. The third kappa shape index (κ3) is 4.95. The fourth-order valence-corrected chi connectivity index (χ4v) is 3.50. The summed E-state index contributed by atoms with van der Waals surface area (Å²) in [7, 11) is -2.42. The predicted molar refractivity (Wildman–Crippen MR) is 113 cm³/mol. The summed E-state index contributed by atoms with van der Waals surface area (Å²) >= 11 is 6.13. The van der Waals surface area contributed by atoms with E-state index in [0.717, 1.165) is 5.56 Å². The molecule has 3 aromatic carbocycles. The van der Waals surface area contributed by atoms with Crippen LogP contribution in [0, 0.1) is 6.92 Å². The van der Waals surface area contributed by atoms with Crippen LogP contribution in [0.5, 0.6) is 11.5 Å². The maximum atomic E-state index is 12.8. The lowest BCUT2D eigenvalue weighted by Gasteiger charge is -2.13. The van der Waals surface area contributed by atoms with Gasteiger partial charge in [-0.15, -0.1) is 0 Å². The van der Waals surface area contributed by atoms with Gasteiger partial charge in [0.2, 0.25) is 10.0 Å². The van der Waals surface area contributed by atoms with Crippen molar-refractivity contribution in [2.45, 2.75) is 11.8 Å². The highest BCUT2D eigenvalue weighted by Gasteiger charge is 2.18. The summed E-state index contributed by atoms with van der Waals surface area (Å²) in [6.45, 7) is 1.98. The van der Waals surface area contributed by atoms with Crippen LogP contribution in [0.3, 0.4) is 0 Å². The van der Waals surface area contributed by atoms with Crippen molar-refractivity contribution in [2.75, 3.05) is 12.4 Å². The minimum Gasteiger partial charge on any atom is -0.455 e. The van der Waals surface area contributed by atoms with Crippen molar-refractivity contribution in [1.82, 2.24) is 4.72 Å². The van der Waals surface area contributed by atoms with Crippen molar-refractivity contribution < 1.29 is 17.9 Å². The highest BCUT2D eigenvalue weighted by atomic mass is 35.5. The highest BCUT2D eigenvalue weighted by molar-refractivity contribution is 7.89. The van der Waals surface area contributed by atoms with E-state index in [1.807, 2.05) is 31.2 Å². The number of halogens is 1. The molecule has 6 nitrogen and oxygen atoms in total. The first-order valence-electron chi connectivity index (χ1n) is 8.68. The molecule has 1 amide bonds. The van der Waals surface area contributed by atoms with E-state index >= 15 is 0 Å². The zero-order valence-electron chi connectivity index (χ0n) is 15.8. The number of hydrogen-bond acceptors (Lipinski definition) is 4. The average molecular weight is 431 g/mol. The highest BCUT2D eigenvalue weighted by Crippen LogP contribution is 2.30. The van der Waals surface area contributed by atoms with Crippen LogP contribution in [0.4, 0.5) is 5.69 Å². The van der Waals surface area contributed by atoms with Gasteiger partial charge in [0.15, 0.2) is 5.75 Å².